The molecule has 0 aliphatic rings. The average Bonchev–Trinajstić information content (AvgIpc) is 2.33. The van der Waals surface area contributed by atoms with E-state index in [1.807, 2.05) is 0 Å². The second kappa shape index (κ2) is 5.05. The molecule has 1 aromatic carbocycles. The summed E-state index contributed by atoms with van der Waals surface area (Å²) in [4.78, 5) is 0. The molecule has 3 nitrogen and oxygen atoms in total. The predicted octanol–water partition coefficient (Wildman–Crippen LogP) is 3.32. The topological polar surface area (TPSA) is 51.8 Å². The lowest BCUT2D eigenvalue weighted by atomic mass is 10.0. The summed E-state index contributed by atoms with van der Waals surface area (Å²) in [6.45, 7) is 0. The van der Waals surface area contributed by atoms with Gasteiger partial charge in [0, 0.05) is 6.42 Å². The lowest BCUT2D eigenvalue weighted by molar-refractivity contribution is -0.138. The van der Waals surface area contributed by atoms with Gasteiger partial charge in [-0.05, 0) is 17.7 Å². The second-order valence-corrected chi connectivity index (χ2v) is 4.27. The number of hydrogen-bond acceptors (Lipinski definition) is 3. The van der Waals surface area contributed by atoms with E-state index in [4.69, 9.17) is 17.3 Å². The van der Waals surface area contributed by atoms with Crippen molar-refractivity contribution in [3.63, 3.8) is 0 Å². The molecule has 0 atom stereocenters. The first kappa shape index (κ1) is 13.6. The molecule has 0 spiro atoms. The molecule has 19 heavy (non-hydrogen) atoms. The zero-order valence-corrected chi connectivity index (χ0v) is 10.3. The first-order chi connectivity index (χ1) is 8.88. The van der Waals surface area contributed by atoms with Crippen LogP contribution in [0.3, 0.4) is 0 Å². The maximum atomic E-state index is 12.8. The van der Waals surface area contributed by atoms with Gasteiger partial charge >= 0.3 is 6.18 Å². The van der Waals surface area contributed by atoms with Gasteiger partial charge in [0.2, 0.25) is 0 Å². The van der Waals surface area contributed by atoms with Crippen molar-refractivity contribution in [1.29, 1.82) is 0 Å². The van der Waals surface area contributed by atoms with Crippen molar-refractivity contribution in [3.8, 4) is 0 Å². The van der Waals surface area contributed by atoms with Crippen LogP contribution in [0.2, 0.25) is 5.15 Å². The monoisotopic (exact) mass is 287 g/mol. The number of halogens is 4. The number of nitrogen functional groups attached to an aromatic ring is 1. The number of alkyl halides is 3. The number of nitrogens with two attached hydrogens (primary N) is 1. The highest BCUT2D eigenvalue weighted by molar-refractivity contribution is 6.31. The summed E-state index contributed by atoms with van der Waals surface area (Å²) in [5.74, 6) is 0. The summed E-state index contributed by atoms with van der Waals surface area (Å²) in [5.41, 5.74) is 5.49. The first-order valence-corrected chi connectivity index (χ1v) is 5.68. The molecule has 7 heteroatoms. The maximum absolute atomic E-state index is 12.8. The Labute approximate surface area is 112 Å². The van der Waals surface area contributed by atoms with Gasteiger partial charge in [-0.15, -0.1) is 5.10 Å². The summed E-state index contributed by atoms with van der Waals surface area (Å²) < 4.78 is 38.4. The smallest absolute Gasteiger partial charge is 0.396 e. The highest BCUT2D eigenvalue weighted by atomic mass is 35.5. The van der Waals surface area contributed by atoms with E-state index in [2.05, 4.69) is 10.2 Å². The van der Waals surface area contributed by atoms with Gasteiger partial charge < -0.3 is 5.73 Å². The van der Waals surface area contributed by atoms with E-state index in [0.29, 0.717) is 5.69 Å². The molecule has 2 rings (SSSR count). The summed E-state index contributed by atoms with van der Waals surface area (Å²) in [5, 5.41) is 7.34. The van der Waals surface area contributed by atoms with E-state index in [-0.39, 0.29) is 22.8 Å². The van der Waals surface area contributed by atoms with Crippen LogP contribution in [0, 0.1) is 0 Å². The Kier molecular flexibility index (Phi) is 3.61. The number of hydrogen-bond donors (Lipinski definition) is 1. The Bertz CT molecular complexity index is 599. The van der Waals surface area contributed by atoms with Crippen LogP contribution in [-0.2, 0) is 12.6 Å². The van der Waals surface area contributed by atoms with Gasteiger partial charge in [0.15, 0.2) is 5.15 Å². The number of anilines is 1. The Balaban J connectivity index is 2.36. The van der Waals surface area contributed by atoms with Crippen molar-refractivity contribution < 1.29 is 13.2 Å². The van der Waals surface area contributed by atoms with E-state index in [0.717, 1.165) is 6.07 Å². The minimum Gasteiger partial charge on any atom is -0.396 e. The van der Waals surface area contributed by atoms with Gasteiger partial charge in [0.25, 0.3) is 0 Å². The van der Waals surface area contributed by atoms with Gasteiger partial charge in [-0.25, -0.2) is 0 Å². The van der Waals surface area contributed by atoms with E-state index in [1.165, 1.54) is 24.3 Å². The molecule has 2 aromatic rings. The average molecular weight is 288 g/mol. The van der Waals surface area contributed by atoms with Crippen LogP contribution in [0.4, 0.5) is 18.9 Å². The van der Waals surface area contributed by atoms with Gasteiger partial charge in [0.05, 0.1) is 16.9 Å². The van der Waals surface area contributed by atoms with Gasteiger partial charge in [0.1, 0.15) is 0 Å². The molecule has 1 aromatic heterocycles. The van der Waals surface area contributed by atoms with Crippen LogP contribution in [0.25, 0.3) is 0 Å². The largest absolute Gasteiger partial charge is 0.416 e. The highest BCUT2D eigenvalue weighted by Crippen LogP contribution is 2.32. The molecule has 0 saturated heterocycles. The molecule has 0 aliphatic heterocycles. The van der Waals surface area contributed by atoms with Crippen molar-refractivity contribution in [2.24, 2.45) is 0 Å². The van der Waals surface area contributed by atoms with Crippen molar-refractivity contribution >= 4 is 17.3 Å². The molecule has 0 fully saturated rings. The highest BCUT2D eigenvalue weighted by Gasteiger charge is 2.32. The number of nitrogens with zero attached hydrogens (tertiary/aromatic N) is 2. The standard InChI is InChI=1S/C12H9ClF3N3/c13-11-10(17)6-8(18-19-11)5-7-3-1-2-4-9(7)12(14,15)16/h1-4,6H,5H2,(H2,17,18). The fourth-order valence-corrected chi connectivity index (χ4v) is 1.76. The van der Waals surface area contributed by atoms with Crippen LogP contribution in [0.1, 0.15) is 16.8 Å². The lowest BCUT2D eigenvalue weighted by Gasteiger charge is -2.12. The van der Waals surface area contributed by atoms with Gasteiger partial charge in [-0.2, -0.15) is 18.3 Å². The second-order valence-electron chi connectivity index (χ2n) is 3.91. The molecule has 0 saturated carbocycles. The lowest BCUT2D eigenvalue weighted by Crippen LogP contribution is -2.10. The molecule has 0 amide bonds. The van der Waals surface area contributed by atoms with Crippen LogP contribution in [0.15, 0.2) is 30.3 Å². The van der Waals surface area contributed by atoms with E-state index in [9.17, 15) is 13.2 Å². The molecule has 0 bridgehead atoms. The van der Waals surface area contributed by atoms with Crippen molar-refractivity contribution in [3.05, 3.63) is 52.3 Å². The van der Waals surface area contributed by atoms with E-state index < -0.39 is 11.7 Å². The zero-order chi connectivity index (χ0) is 14.0. The van der Waals surface area contributed by atoms with Gasteiger partial charge in [-0.1, -0.05) is 29.8 Å². The summed E-state index contributed by atoms with van der Waals surface area (Å²) in [6.07, 6.45) is -4.41. The van der Waals surface area contributed by atoms with E-state index in [1.54, 1.807) is 0 Å². The fraction of sp³-hybridized carbons (Fsp3) is 0.167. The Hall–Kier alpha value is -1.82. The molecule has 0 unspecified atom stereocenters. The van der Waals surface area contributed by atoms with Crippen molar-refractivity contribution in [1.82, 2.24) is 10.2 Å². The fourth-order valence-electron chi connectivity index (χ4n) is 1.67. The summed E-state index contributed by atoms with van der Waals surface area (Å²) in [6, 6.07) is 6.73. The number of rotatable bonds is 2. The number of benzene rings is 1. The summed E-state index contributed by atoms with van der Waals surface area (Å²) >= 11 is 5.61. The molecular weight excluding hydrogens is 279 g/mol. The number of aromatic nitrogens is 2. The summed E-state index contributed by atoms with van der Waals surface area (Å²) in [7, 11) is 0. The molecule has 2 N–H and O–H groups in total. The van der Waals surface area contributed by atoms with Gasteiger partial charge in [-0.3, -0.25) is 0 Å². The Morgan fingerprint density at radius 3 is 2.47 bits per heavy atom. The third-order valence-electron chi connectivity index (χ3n) is 2.52. The minimum absolute atomic E-state index is 0.00987. The molecule has 100 valence electrons. The zero-order valence-electron chi connectivity index (χ0n) is 9.58. The van der Waals surface area contributed by atoms with Crippen LogP contribution >= 0.6 is 11.6 Å². The SMILES string of the molecule is Nc1cc(Cc2ccccc2C(F)(F)F)nnc1Cl. The Morgan fingerprint density at radius 1 is 1.16 bits per heavy atom. The normalized spacial score (nSPS) is 11.6. The van der Waals surface area contributed by atoms with Crippen LogP contribution in [0.5, 0.6) is 0 Å². The van der Waals surface area contributed by atoms with Crippen molar-refractivity contribution in [2.45, 2.75) is 12.6 Å². The van der Waals surface area contributed by atoms with Crippen molar-refractivity contribution in [2.75, 3.05) is 5.73 Å². The molecular formula is C12H9ClF3N3. The third kappa shape index (κ3) is 3.14. The third-order valence-corrected chi connectivity index (χ3v) is 2.81. The maximum Gasteiger partial charge on any atom is 0.416 e. The quantitative estimate of drug-likeness (QED) is 0.922. The van der Waals surface area contributed by atoms with Crippen LogP contribution < -0.4 is 5.73 Å². The van der Waals surface area contributed by atoms with E-state index >= 15 is 0 Å². The molecule has 1 heterocycles. The molecule has 0 radical (unpaired) electrons. The minimum atomic E-state index is -4.40. The molecule has 0 aliphatic carbocycles. The Morgan fingerprint density at radius 2 is 1.84 bits per heavy atom. The first-order valence-electron chi connectivity index (χ1n) is 5.30. The predicted molar refractivity (Wildman–Crippen MR) is 65.7 cm³/mol. The van der Waals surface area contributed by atoms with Crippen LogP contribution in [-0.4, -0.2) is 10.2 Å².